The number of carboxylic acids is 1. The number of carboxylic acid groups (broad SMARTS) is 1. The molecule has 32 heavy (non-hydrogen) atoms. The van der Waals surface area contributed by atoms with E-state index in [0.29, 0.717) is 17.1 Å². The van der Waals surface area contributed by atoms with Crippen molar-refractivity contribution in [1.82, 2.24) is 0 Å². The molecule has 0 saturated carbocycles. The number of hydrogen-bond acceptors (Lipinski definition) is 5. The molecular weight excluding hydrogens is 452 g/mol. The third kappa shape index (κ3) is 7.04. The molecule has 0 atom stereocenters. The molecule has 0 saturated heterocycles. The van der Waals surface area contributed by atoms with Crippen LogP contribution in [0.25, 0.3) is 0 Å². The van der Waals surface area contributed by atoms with Gasteiger partial charge in [0.05, 0.1) is 16.3 Å². The Morgan fingerprint density at radius 1 is 0.875 bits per heavy atom. The minimum atomic E-state index is -1.17. The van der Waals surface area contributed by atoms with Crippen molar-refractivity contribution in [2.24, 2.45) is 0 Å². The number of para-hydroxylation sites is 1. The van der Waals surface area contributed by atoms with E-state index >= 15 is 0 Å². The van der Waals surface area contributed by atoms with E-state index < -0.39 is 5.97 Å². The number of thioether (sulfide) groups is 1. The van der Waals surface area contributed by atoms with E-state index in [4.69, 9.17) is 21.4 Å². The summed E-state index contributed by atoms with van der Waals surface area (Å²) in [5, 5.41) is 14.6. The summed E-state index contributed by atoms with van der Waals surface area (Å²) in [5.41, 5.74) is 0.842. The lowest BCUT2D eigenvalue weighted by molar-refractivity contribution is -0.118. The summed E-state index contributed by atoms with van der Waals surface area (Å²) in [5.74, 6) is -1.08. The molecule has 0 spiro atoms. The summed E-state index contributed by atoms with van der Waals surface area (Å²) >= 11 is 7.11. The summed E-state index contributed by atoms with van der Waals surface area (Å²) in [6, 6.07) is 20.4. The average molecular weight is 471 g/mol. The van der Waals surface area contributed by atoms with Crippen LogP contribution in [0.3, 0.4) is 0 Å². The van der Waals surface area contributed by atoms with Crippen LogP contribution in [0, 0.1) is 0 Å². The molecule has 3 N–H and O–H groups in total. The molecule has 3 aromatic carbocycles. The van der Waals surface area contributed by atoms with E-state index in [1.807, 2.05) is 24.3 Å². The second kappa shape index (κ2) is 11.2. The number of hydrogen-bond donors (Lipinski definition) is 3. The van der Waals surface area contributed by atoms with Crippen molar-refractivity contribution in [2.75, 3.05) is 23.0 Å². The number of anilines is 2. The summed E-state index contributed by atoms with van der Waals surface area (Å²) in [6.07, 6.45) is 0. The van der Waals surface area contributed by atoms with Gasteiger partial charge < -0.3 is 20.5 Å². The Morgan fingerprint density at radius 3 is 2.34 bits per heavy atom. The minimum Gasteiger partial charge on any atom is -0.484 e. The molecule has 9 heteroatoms. The lowest BCUT2D eigenvalue weighted by Gasteiger charge is -2.09. The van der Waals surface area contributed by atoms with Crippen LogP contribution in [0.1, 0.15) is 10.4 Å². The van der Waals surface area contributed by atoms with Crippen LogP contribution in [0.5, 0.6) is 5.75 Å². The lowest BCUT2D eigenvalue weighted by atomic mass is 10.2. The normalized spacial score (nSPS) is 10.3. The minimum absolute atomic E-state index is 0.0863. The van der Waals surface area contributed by atoms with Gasteiger partial charge in [-0.3, -0.25) is 9.59 Å². The zero-order chi connectivity index (χ0) is 22.9. The topological polar surface area (TPSA) is 105 Å². The smallest absolute Gasteiger partial charge is 0.337 e. The fraction of sp³-hybridized carbons (Fsp3) is 0.0870. The molecular formula is C23H19ClN2O5S. The number of halogens is 1. The molecule has 0 aromatic heterocycles. The van der Waals surface area contributed by atoms with Gasteiger partial charge in [0.1, 0.15) is 5.75 Å². The quantitative estimate of drug-likeness (QED) is 0.388. The van der Waals surface area contributed by atoms with Crippen LogP contribution >= 0.6 is 23.4 Å². The molecule has 0 radical (unpaired) electrons. The van der Waals surface area contributed by atoms with Crippen molar-refractivity contribution in [2.45, 2.75) is 4.90 Å². The highest BCUT2D eigenvalue weighted by molar-refractivity contribution is 8.00. The van der Waals surface area contributed by atoms with Gasteiger partial charge in [-0.15, -0.1) is 11.8 Å². The van der Waals surface area contributed by atoms with Gasteiger partial charge in [-0.05, 0) is 48.5 Å². The fourth-order valence-corrected chi connectivity index (χ4v) is 3.59. The van der Waals surface area contributed by atoms with Crippen LogP contribution in [0.2, 0.25) is 5.02 Å². The van der Waals surface area contributed by atoms with E-state index in [1.165, 1.54) is 30.0 Å². The molecule has 0 fully saturated rings. The van der Waals surface area contributed by atoms with Gasteiger partial charge in [0.2, 0.25) is 5.91 Å². The third-order valence-electron chi connectivity index (χ3n) is 4.08. The number of aromatic carboxylic acids is 1. The Bertz CT molecular complexity index is 1120. The van der Waals surface area contributed by atoms with Gasteiger partial charge in [0.25, 0.3) is 5.91 Å². The summed E-state index contributed by atoms with van der Waals surface area (Å²) < 4.78 is 5.42. The Kier molecular flexibility index (Phi) is 8.13. The zero-order valence-corrected chi connectivity index (χ0v) is 18.3. The van der Waals surface area contributed by atoms with Gasteiger partial charge in [-0.25, -0.2) is 4.79 Å². The van der Waals surface area contributed by atoms with E-state index in [9.17, 15) is 14.4 Å². The predicted molar refractivity (Wildman–Crippen MR) is 125 cm³/mol. The highest BCUT2D eigenvalue weighted by Crippen LogP contribution is 2.23. The molecule has 3 aromatic rings. The van der Waals surface area contributed by atoms with E-state index in [1.54, 1.807) is 30.3 Å². The van der Waals surface area contributed by atoms with Gasteiger partial charge in [0.15, 0.2) is 6.61 Å². The number of benzene rings is 3. The van der Waals surface area contributed by atoms with Crippen molar-refractivity contribution >= 4 is 52.5 Å². The highest BCUT2D eigenvalue weighted by Gasteiger charge is 2.11. The molecule has 0 aliphatic heterocycles. The van der Waals surface area contributed by atoms with Gasteiger partial charge >= 0.3 is 5.97 Å². The number of carbonyl (C=O) groups excluding carboxylic acids is 2. The maximum absolute atomic E-state index is 12.2. The maximum Gasteiger partial charge on any atom is 0.337 e. The second-order valence-electron chi connectivity index (χ2n) is 6.51. The molecule has 164 valence electrons. The Labute approximate surface area is 193 Å². The van der Waals surface area contributed by atoms with Crippen LogP contribution in [0.4, 0.5) is 11.4 Å². The van der Waals surface area contributed by atoms with Crippen LogP contribution < -0.4 is 15.4 Å². The van der Waals surface area contributed by atoms with Crippen LogP contribution in [-0.2, 0) is 9.59 Å². The molecule has 0 heterocycles. The van der Waals surface area contributed by atoms with Crippen molar-refractivity contribution in [3.05, 3.63) is 83.4 Å². The summed E-state index contributed by atoms with van der Waals surface area (Å²) in [6.45, 7) is -0.122. The van der Waals surface area contributed by atoms with E-state index in [2.05, 4.69) is 10.6 Å². The van der Waals surface area contributed by atoms with E-state index in [0.717, 1.165) is 4.90 Å². The lowest BCUT2D eigenvalue weighted by Crippen LogP contribution is -2.20. The van der Waals surface area contributed by atoms with Crippen molar-refractivity contribution in [3.8, 4) is 5.75 Å². The predicted octanol–water partition coefficient (Wildman–Crippen LogP) is 4.79. The first-order valence-electron chi connectivity index (χ1n) is 9.44. The fourth-order valence-electron chi connectivity index (χ4n) is 2.64. The highest BCUT2D eigenvalue weighted by atomic mass is 35.5. The standard InChI is InChI=1S/C23H19ClN2O5S/c24-20-10-9-16(12-19(20)23(29)30)26-22(28)14-32-18-8-4-5-15(11-18)25-21(27)13-31-17-6-2-1-3-7-17/h1-12H,13-14H2,(H,25,27)(H,26,28)(H,29,30). The molecule has 2 amide bonds. The Morgan fingerprint density at radius 2 is 1.59 bits per heavy atom. The monoisotopic (exact) mass is 470 g/mol. The maximum atomic E-state index is 12.2. The number of ether oxygens (including phenoxy) is 1. The number of carbonyl (C=O) groups is 3. The van der Waals surface area contributed by atoms with Crippen molar-refractivity contribution in [1.29, 1.82) is 0 Å². The number of amides is 2. The van der Waals surface area contributed by atoms with Crippen molar-refractivity contribution in [3.63, 3.8) is 0 Å². The second-order valence-corrected chi connectivity index (χ2v) is 7.97. The number of nitrogens with one attached hydrogen (secondary N) is 2. The average Bonchev–Trinajstić information content (AvgIpc) is 2.78. The first-order valence-corrected chi connectivity index (χ1v) is 10.8. The first-order chi connectivity index (χ1) is 15.4. The summed E-state index contributed by atoms with van der Waals surface area (Å²) in [7, 11) is 0. The first kappa shape index (κ1) is 23.2. The largest absolute Gasteiger partial charge is 0.484 e. The molecule has 0 bridgehead atoms. The Hall–Kier alpha value is -3.49. The van der Waals surface area contributed by atoms with Gasteiger partial charge in [-0.1, -0.05) is 35.9 Å². The SMILES string of the molecule is O=C(COc1ccccc1)Nc1cccc(SCC(=O)Nc2ccc(Cl)c(C(=O)O)c2)c1. The van der Waals surface area contributed by atoms with Gasteiger partial charge in [-0.2, -0.15) is 0 Å². The third-order valence-corrected chi connectivity index (χ3v) is 5.40. The van der Waals surface area contributed by atoms with Crippen LogP contribution in [-0.4, -0.2) is 35.2 Å². The number of rotatable bonds is 9. The molecule has 3 rings (SSSR count). The van der Waals surface area contributed by atoms with Crippen molar-refractivity contribution < 1.29 is 24.2 Å². The molecule has 0 aliphatic carbocycles. The molecule has 7 nitrogen and oxygen atoms in total. The van der Waals surface area contributed by atoms with Crippen LogP contribution in [0.15, 0.2) is 77.7 Å². The summed E-state index contributed by atoms with van der Waals surface area (Å²) in [4.78, 5) is 36.3. The Balaban J connectivity index is 1.50. The zero-order valence-electron chi connectivity index (χ0n) is 16.7. The molecule has 0 aliphatic rings. The van der Waals surface area contributed by atoms with Gasteiger partial charge in [0, 0.05) is 16.3 Å². The van der Waals surface area contributed by atoms with E-state index in [-0.39, 0.29) is 34.8 Å². The molecule has 0 unspecified atom stereocenters.